The van der Waals surface area contributed by atoms with E-state index in [9.17, 15) is 4.79 Å². The Labute approximate surface area is 162 Å². The third-order valence-electron chi connectivity index (χ3n) is 6.00. The first-order chi connectivity index (χ1) is 11.8. The van der Waals surface area contributed by atoms with Gasteiger partial charge in [0.1, 0.15) is 0 Å². The fraction of sp³-hybridized carbons (Fsp3) is 0.857. The van der Waals surface area contributed by atoms with Gasteiger partial charge in [-0.05, 0) is 37.4 Å². The van der Waals surface area contributed by atoms with Crippen LogP contribution in [0.5, 0.6) is 0 Å². The quantitative estimate of drug-likeness (QED) is 0.279. The molecule has 0 saturated carbocycles. The number of ether oxygens (including phenoxy) is 2. The van der Waals surface area contributed by atoms with E-state index < -0.39 is 8.32 Å². The van der Waals surface area contributed by atoms with Gasteiger partial charge in [-0.3, -0.25) is 0 Å². The second-order valence-corrected chi connectivity index (χ2v) is 13.7. The average Bonchev–Trinajstić information content (AvgIpc) is 2.56. The first-order valence-electron chi connectivity index (χ1n) is 9.78. The minimum absolute atomic E-state index is 0.00875. The Morgan fingerprint density at radius 3 is 2.08 bits per heavy atom. The van der Waals surface area contributed by atoms with Crippen LogP contribution in [-0.4, -0.2) is 40.7 Å². The maximum absolute atomic E-state index is 11.7. The van der Waals surface area contributed by atoms with Crippen LogP contribution in [0.1, 0.15) is 61.3 Å². The van der Waals surface area contributed by atoms with Crippen LogP contribution in [0.2, 0.25) is 18.1 Å². The van der Waals surface area contributed by atoms with E-state index in [4.69, 9.17) is 13.9 Å². The predicted octanol–water partition coefficient (Wildman–Crippen LogP) is 5.58. The molecule has 4 atom stereocenters. The highest BCUT2D eigenvalue weighted by Gasteiger charge is 2.41. The first kappa shape index (κ1) is 25.3. The van der Waals surface area contributed by atoms with Crippen molar-refractivity contribution in [1.29, 1.82) is 0 Å². The van der Waals surface area contributed by atoms with Crippen molar-refractivity contribution in [1.82, 2.24) is 0 Å². The number of methoxy groups -OCH3 is 2. The Morgan fingerprint density at radius 2 is 1.69 bits per heavy atom. The van der Waals surface area contributed by atoms with Crippen LogP contribution in [0.4, 0.5) is 0 Å². The molecule has 0 aromatic heterocycles. The number of carbonyl (C=O) groups is 1. The molecule has 0 bridgehead atoms. The summed E-state index contributed by atoms with van der Waals surface area (Å²) in [6.07, 6.45) is 3.83. The van der Waals surface area contributed by atoms with E-state index in [1.54, 1.807) is 14.0 Å². The molecular weight excluding hydrogens is 344 g/mol. The lowest BCUT2D eigenvalue weighted by molar-refractivity contribution is -0.136. The van der Waals surface area contributed by atoms with Gasteiger partial charge < -0.3 is 13.9 Å². The van der Waals surface area contributed by atoms with Crippen molar-refractivity contribution in [2.45, 2.75) is 91.6 Å². The van der Waals surface area contributed by atoms with Gasteiger partial charge in [0.15, 0.2) is 8.32 Å². The highest BCUT2D eigenvalue weighted by Crippen LogP contribution is 2.39. The fourth-order valence-corrected chi connectivity index (χ4v) is 4.29. The molecule has 0 aromatic carbocycles. The lowest BCUT2D eigenvalue weighted by Crippen LogP contribution is -2.48. The van der Waals surface area contributed by atoms with E-state index in [0.29, 0.717) is 17.9 Å². The largest absolute Gasteiger partial charge is 0.466 e. The Kier molecular flexibility index (Phi) is 10.4. The van der Waals surface area contributed by atoms with Gasteiger partial charge in [-0.15, -0.1) is 0 Å². The van der Waals surface area contributed by atoms with E-state index in [1.807, 2.05) is 6.08 Å². The summed E-state index contributed by atoms with van der Waals surface area (Å²) < 4.78 is 17.4. The van der Waals surface area contributed by atoms with Crippen LogP contribution in [0.3, 0.4) is 0 Å². The van der Waals surface area contributed by atoms with Gasteiger partial charge in [-0.2, -0.15) is 0 Å². The summed E-state index contributed by atoms with van der Waals surface area (Å²) >= 11 is 0. The van der Waals surface area contributed by atoms with Crippen LogP contribution < -0.4 is 0 Å². The Morgan fingerprint density at radius 1 is 1.15 bits per heavy atom. The van der Waals surface area contributed by atoms with Gasteiger partial charge in [0.2, 0.25) is 0 Å². The first-order valence-corrected chi connectivity index (χ1v) is 12.7. The molecule has 0 amide bonds. The topological polar surface area (TPSA) is 44.8 Å². The van der Waals surface area contributed by atoms with Crippen molar-refractivity contribution < 1.29 is 18.7 Å². The highest BCUT2D eigenvalue weighted by atomic mass is 28.4. The SMILES string of the molecule is CC[C@H](C)[C@@H](OC)[C@@H](C)[C@H](C/C=C(\C)C(=O)OC)O[Si](C)(C)C(C)(C)C. The highest BCUT2D eigenvalue weighted by molar-refractivity contribution is 6.74. The molecule has 0 fully saturated rings. The molecule has 154 valence electrons. The molecule has 0 spiro atoms. The molecule has 0 heterocycles. The van der Waals surface area contributed by atoms with Gasteiger partial charge in [0, 0.05) is 18.6 Å². The second kappa shape index (κ2) is 10.6. The van der Waals surface area contributed by atoms with Crippen LogP contribution in [-0.2, 0) is 18.7 Å². The van der Waals surface area contributed by atoms with Crippen LogP contribution in [0, 0.1) is 11.8 Å². The summed E-state index contributed by atoms with van der Waals surface area (Å²) in [5.74, 6) is 0.394. The summed E-state index contributed by atoms with van der Waals surface area (Å²) in [7, 11) is 1.25. The Balaban J connectivity index is 5.62. The van der Waals surface area contributed by atoms with Gasteiger partial charge in [0.25, 0.3) is 0 Å². The molecule has 0 rings (SSSR count). The normalized spacial score (nSPS) is 18.2. The molecule has 0 aliphatic rings. The maximum atomic E-state index is 11.7. The summed E-state index contributed by atoms with van der Waals surface area (Å²) in [6, 6.07) is 0. The number of hydrogen-bond acceptors (Lipinski definition) is 4. The van der Waals surface area contributed by atoms with Crippen molar-refractivity contribution in [2.24, 2.45) is 11.8 Å². The Bertz CT molecular complexity index is 465. The summed E-state index contributed by atoms with van der Waals surface area (Å²) in [5.41, 5.74) is 0.626. The number of rotatable bonds is 10. The molecule has 4 nitrogen and oxygen atoms in total. The lowest BCUT2D eigenvalue weighted by atomic mass is 9.86. The van der Waals surface area contributed by atoms with Crippen LogP contribution in [0.15, 0.2) is 11.6 Å². The standard InChI is InChI=1S/C21H42O4Si/c1-12-15(2)19(23-8)17(4)18(14-13-16(3)20(22)24-9)25-26(10,11)21(5,6)7/h13,15,17-19H,12,14H2,1-11H3/b16-13+/t15-,17-,18-,19+/m0/s1. The van der Waals surface area contributed by atoms with Crippen molar-refractivity contribution in [3.05, 3.63) is 11.6 Å². The molecule has 0 aliphatic heterocycles. The third-order valence-corrected chi connectivity index (χ3v) is 10.5. The fourth-order valence-electron chi connectivity index (χ4n) is 2.87. The number of hydrogen-bond donors (Lipinski definition) is 0. The van der Waals surface area contributed by atoms with Crippen LogP contribution in [0.25, 0.3) is 0 Å². The molecule has 0 N–H and O–H groups in total. The zero-order valence-electron chi connectivity index (χ0n) is 18.9. The molecule has 0 saturated heterocycles. The summed E-state index contributed by atoms with van der Waals surface area (Å²) in [4.78, 5) is 11.7. The molecule has 5 heteroatoms. The van der Waals surface area contributed by atoms with Crippen molar-refractivity contribution >= 4 is 14.3 Å². The monoisotopic (exact) mass is 386 g/mol. The lowest BCUT2D eigenvalue weighted by Gasteiger charge is -2.42. The minimum atomic E-state index is -1.94. The van der Waals surface area contributed by atoms with Gasteiger partial charge in [0.05, 0.1) is 19.3 Å². The van der Waals surface area contributed by atoms with Gasteiger partial charge in [-0.1, -0.05) is 54.0 Å². The maximum Gasteiger partial charge on any atom is 0.333 e. The summed E-state index contributed by atoms with van der Waals surface area (Å²) in [5, 5.41) is 0.130. The predicted molar refractivity (Wildman–Crippen MR) is 112 cm³/mol. The number of esters is 1. The zero-order valence-corrected chi connectivity index (χ0v) is 19.9. The van der Waals surface area contributed by atoms with Crippen molar-refractivity contribution in [3.63, 3.8) is 0 Å². The van der Waals surface area contributed by atoms with E-state index in [-0.39, 0.29) is 29.1 Å². The molecule has 26 heavy (non-hydrogen) atoms. The van der Waals surface area contributed by atoms with E-state index in [0.717, 1.165) is 6.42 Å². The molecule has 0 aliphatic carbocycles. The summed E-state index contributed by atoms with van der Waals surface area (Å²) in [6.45, 7) is 19.7. The Hall–Kier alpha value is -0.653. The zero-order chi connectivity index (χ0) is 20.7. The average molecular weight is 387 g/mol. The van der Waals surface area contributed by atoms with E-state index in [1.165, 1.54) is 7.11 Å². The third kappa shape index (κ3) is 7.16. The molecule has 0 radical (unpaired) electrons. The molecule has 0 aromatic rings. The number of carbonyl (C=O) groups excluding carboxylic acids is 1. The van der Waals surface area contributed by atoms with E-state index in [2.05, 4.69) is 54.6 Å². The smallest absolute Gasteiger partial charge is 0.333 e. The van der Waals surface area contributed by atoms with Crippen molar-refractivity contribution in [3.8, 4) is 0 Å². The van der Waals surface area contributed by atoms with Gasteiger partial charge in [-0.25, -0.2) is 4.79 Å². The molecule has 0 unspecified atom stereocenters. The minimum Gasteiger partial charge on any atom is -0.466 e. The van der Waals surface area contributed by atoms with E-state index >= 15 is 0 Å². The molecular formula is C21H42O4Si. The van der Waals surface area contributed by atoms with Crippen molar-refractivity contribution in [2.75, 3.05) is 14.2 Å². The second-order valence-electron chi connectivity index (χ2n) is 8.98. The van der Waals surface area contributed by atoms with Crippen LogP contribution >= 0.6 is 0 Å². The van der Waals surface area contributed by atoms with Gasteiger partial charge >= 0.3 is 5.97 Å².